The number of aldehydes is 1. The number of methoxy groups -OCH3 is 1. The normalized spacial score (nSPS) is 9.47. The monoisotopic (exact) mass is 270 g/mol. The van der Waals surface area contributed by atoms with E-state index < -0.39 is 0 Å². The summed E-state index contributed by atoms with van der Waals surface area (Å²) in [4.78, 5) is 10.6. The van der Waals surface area contributed by atoms with Crippen LogP contribution >= 0.6 is 15.9 Å². The minimum atomic E-state index is 0.366. The highest BCUT2D eigenvalue weighted by atomic mass is 79.9. The highest BCUT2D eigenvalue weighted by molar-refractivity contribution is 9.10. The third-order valence-electron chi connectivity index (χ3n) is 1.73. The first-order valence-corrected chi connectivity index (χ1v) is 5.08. The number of carbonyl (C=O) groups is 1. The van der Waals surface area contributed by atoms with Gasteiger partial charge in [0.1, 0.15) is 12.9 Å². The molecule has 0 fully saturated rings. The van der Waals surface area contributed by atoms with Crippen LogP contribution < -0.4 is 9.47 Å². The molecule has 1 rings (SSSR count). The summed E-state index contributed by atoms with van der Waals surface area (Å²) in [5.41, 5.74) is 0.529. The molecule has 0 saturated heterocycles. The molecule has 0 amide bonds. The van der Waals surface area contributed by atoms with Crippen molar-refractivity contribution in [2.45, 2.75) is 0 Å². The van der Waals surface area contributed by atoms with Crippen LogP contribution in [0.3, 0.4) is 0 Å². The van der Waals surface area contributed by atoms with Crippen LogP contribution in [0.4, 0.5) is 0 Å². The van der Waals surface area contributed by atoms with Gasteiger partial charge in [-0.05, 0) is 28.1 Å². The van der Waals surface area contributed by atoms with Gasteiger partial charge in [-0.2, -0.15) is 0 Å². The summed E-state index contributed by atoms with van der Waals surface area (Å²) in [5.74, 6) is 1.09. The molecule has 4 heteroatoms. The van der Waals surface area contributed by atoms with Crippen molar-refractivity contribution in [3.63, 3.8) is 0 Å². The Balaban J connectivity index is 3.12. The van der Waals surface area contributed by atoms with Crippen molar-refractivity contribution < 1.29 is 14.3 Å². The fourth-order valence-electron chi connectivity index (χ4n) is 1.11. The first-order valence-electron chi connectivity index (χ1n) is 4.29. The van der Waals surface area contributed by atoms with Crippen LogP contribution in [0.5, 0.6) is 11.5 Å². The molecule has 0 spiro atoms. The molecule has 0 unspecified atom stereocenters. The van der Waals surface area contributed by atoms with Crippen molar-refractivity contribution in [3.05, 3.63) is 34.8 Å². The fraction of sp³-hybridized carbons (Fsp3) is 0.182. The highest BCUT2D eigenvalue weighted by Gasteiger charge is 2.10. The molecular formula is C11H11BrO3. The average Bonchev–Trinajstić information content (AvgIpc) is 2.25. The number of hydrogen-bond acceptors (Lipinski definition) is 3. The van der Waals surface area contributed by atoms with Crippen LogP contribution in [0.15, 0.2) is 29.3 Å². The predicted octanol–water partition coefficient (Wildman–Crippen LogP) is 2.84. The number of halogens is 1. The molecule has 3 nitrogen and oxygen atoms in total. The molecule has 1 aromatic carbocycles. The van der Waals surface area contributed by atoms with Crippen molar-refractivity contribution in [1.29, 1.82) is 0 Å². The molecule has 0 N–H and O–H groups in total. The topological polar surface area (TPSA) is 35.5 Å². The molecule has 1 aromatic rings. The molecule has 0 heterocycles. The molecule has 0 aliphatic carbocycles. The molecule has 0 atom stereocenters. The molecule has 0 saturated carbocycles. The zero-order valence-corrected chi connectivity index (χ0v) is 9.91. The first kappa shape index (κ1) is 11.8. The SMILES string of the molecule is C=CCOc1cc(C=O)cc(Br)c1OC. The van der Waals surface area contributed by atoms with Gasteiger partial charge in [0.15, 0.2) is 11.5 Å². The number of hydrogen-bond donors (Lipinski definition) is 0. The standard InChI is InChI=1S/C11H11BrO3/c1-3-4-15-10-6-8(7-13)5-9(12)11(10)14-2/h3,5-7H,1,4H2,2H3. The Morgan fingerprint density at radius 2 is 2.27 bits per heavy atom. The van der Waals surface area contributed by atoms with Gasteiger partial charge in [0.05, 0.1) is 11.6 Å². The molecule has 0 aliphatic rings. The van der Waals surface area contributed by atoms with E-state index in [4.69, 9.17) is 9.47 Å². The number of rotatable bonds is 5. The van der Waals surface area contributed by atoms with E-state index in [9.17, 15) is 4.79 Å². The van der Waals surface area contributed by atoms with E-state index in [0.29, 0.717) is 28.1 Å². The van der Waals surface area contributed by atoms with Crippen LogP contribution in [-0.4, -0.2) is 20.0 Å². The largest absolute Gasteiger partial charge is 0.492 e. The van der Waals surface area contributed by atoms with Gasteiger partial charge >= 0.3 is 0 Å². The van der Waals surface area contributed by atoms with Crippen molar-refractivity contribution in [2.75, 3.05) is 13.7 Å². The van der Waals surface area contributed by atoms with E-state index in [-0.39, 0.29) is 0 Å². The van der Waals surface area contributed by atoms with E-state index in [0.717, 1.165) is 6.29 Å². The van der Waals surface area contributed by atoms with E-state index in [2.05, 4.69) is 22.5 Å². The third kappa shape index (κ3) is 2.83. The van der Waals surface area contributed by atoms with Gasteiger partial charge in [-0.15, -0.1) is 0 Å². The molecule has 0 aromatic heterocycles. The highest BCUT2D eigenvalue weighted by Crippen LogP contribution is 2.36. The zero-order chi connectivity index (χ0) is 11.3. The van der Waals surface area contributed by atoms with Crippen molar-refractivity contribution in [2.24, 2.45) is 0 Å². The number of carbonyl (C=O) groups excluding carboxylic acids is 1. The number of ether oxygens (including phenoxy) is 2. The molecular weight excluding hydrogens is 260 g/mol. The number of benzene rings is 1. The van der Waals surface area contributed by atoms with E-state index in [1.165, 1.54) is 0 Å². The summed E-state index contributed by atoms with van der Waals surface area (Å²) in [6.07, 6.45) is 2.38. The van der Waals surface area contributed by atoms with Gasteiger partial charge in [0, 0.05) is 5.56 Å². The maximum atomic E-state index is 10.6. The van der Waals surface area contributed by atoms with E-state index in [1.807, 2.05) is 0 Å². The minimum absolute atomic E-state index is 0.366. The van der Waals surface area contributed by atoms with Gasteiger partial charge in [0.25, 0.3) is 0 Å². The summed E-state index contributed by atoms with van der Waals surface area (Å²) in [6.45, 7) is 3.92. The van der Waals surface area contributed by atoms with Crippen LogP contribution in [0.2, 0.25) is 0 Å². The maximum absolute atomic E-state index is 10.6. The van der Waals surface area contributed by atoms with Crippen LogP contribution in [0.1, 0.15) is 10.4 Å². The molecule has 80 valence electrons. The second kappa shape index (κ2) is 5.56. The van der Waals surface area contributed by atoms with E-state index in [1.54, 1.807) is 25.3 Å². The lowest BCUT2D eigenvalue weighted by molar-refractivity contribution is 0.112. The first-order chi connectivity index (χ1) is 7.22. The van der Waals surface area contributed by atoms with Gasteiger partial charge in [-0.3, -0.25) is 4.79 Å². The molecule has 15 heavy (non-hydrogen) atoms. The van der Waals surface area contributed by atoms with Gasteiger partial charge in [0.2, 0.25) is 0 Å². The Morgan fingerprint density at radius 3 is 2.80 bits per heavy atom. The third-order valence-corrected chi connectivity index (χ3v) is 2.32. The Kier molecular flexibility index (Phi) is 4.37. The summed E-state index contributed by atoms with van der Waals surface area (Å²) in [7, 11) is 1.54. The average molecular weight is 271 g/mol. The Labute approximate surface area is 96.8 Å². The van der Waals surface area contributed by atoms with Crippen molar-refractivity contribution >= 4 is 22.2 Å². The molecule has 0 bridgehead atoms. The minimum Gasteiger partial charge on any atom is -0.492 e. The maximum Gasteiger partial charge on any atom is 0.174 e. The van der Waals surface area contributed by atoms with Crippen LogP contribution in [-0.2, 0) is 0 Å². The van der Waals surface area contributed by atoms with Crippen molar-refractivity contribution in [3.8, 4) is 11.5 Å². The quantitative estimate of drug-likeness (QED) is 0.610. The molecule has 0 aliphatic heterocycles. The Bertz CT molecular complexity index is 374. The van der Waals surface area contributed by atoms with Crippen molar-refractivity contribution in [1.82, 2.24) is 0 Å². The predicted molar refractivity (Wildman–Crippen MR) is 61.8 cm³/mol. The second-order valence-corrected chi connectivity index (χ2v) is 3.61. The Hall–Kier alpha value is -1.29. The smallest absolute Gasteiger partial charge is 0.174 e. The molecule has 0 radical (unpaired) electrons. The van der Waals surface area contributed by atoms with Crippen LogP contribution in [0, 0.1) is 0 Å². The Morgan fingerprint density at radius 1 is 1.53 bits per heavy atom. The van der Waals surface area contributed by atoms with Gasteiger partial charge in [-0.25, -0.2) is 0 Å². The lowest BCUT2D eigenvalue weighted by Crippen LogP contribution is -1.98. The summed E-state index contributed by atoms with van der Waals surface area (Å²) in [6, 6.07) is 3.30. The lowest BCUT2D eigenvalue weighted by atomic mass is 10.2. The summed E-state index contributed by atoms with van der Waals surface area (Å²) >= 11 is 3.30. The van der Waals surface area contributed by atoms with E-state index >= 15 is 0 Å². The summed E-state index contributed by atoms with van der Waals surface area (Å²) < 4.78 is 11.2. The lowest BCUT2D eigenvalue weighted by Gasteiger charge is -2.11. The van der Waals surface area contributed by atoms with Gasteiger partial charge in [-0.1, -0.05) is 12.7 Å². The fourth-order valence-corrected chi connectivity index (χ4v) is 1.73. The second-order valence-electron chi connectivity index (χ2n) is 2.75. The summed E-state index contributed by atoms with van der Waals surface area (Å²) in [5, 5.41) is 0. The van der Waals surface area contributed by atoms with Gasteiger partial charge < -0.3 is 9.47 Å². The van der Waals surface area contributed by atoms with Crippen LogP contribution in [0.25, 0.3) is 0 Å². The zero-order valence-electron chi connectivity index (χ0n) is 8.33.